The second kappa shape index (κ2) is 9.01. The third-order valence-electron chi connectivity index (χ3n) is 3.64. The molecule has 0 saturated heterocycles. The summed E-state index contributed by atoms with van der Waals surface area (Å²) in [6.45, 7) is 0. The van der Waals surface area contributed by atoms with Crippen LogP contribution < -0.4 is 10.7 Å². The fourth-order valence-corrected chi connectivity index (χ4v) is 2.65. The average Bonchev–Trinajstić information content (AvgIpc) is 2.70. The van der Waals surface area contributed by atoms with Crippen LogP contribution in [0.15, 0.2) is 76.6 Å². The van der Waals surface area contributed by atoms with Crippen molar-refractivity contribution in [2.24, 2.45) is 5.10 Å². The number of hydrazone groups is 1. The van der Waals surface area contributed by atoms with Crippen molar-refractivity contribution in [3.63, 3.8) is 0 Å². The molecular weight excluding hydrogens is 427 g/mol. The number of nitrogens with one attached hydrogen (secondary N) is 2. The molecule has 0 atom stereocenters. The normalized spacial score (nSPS) is 10.6. The zero-order chi connectivity index (χ0) is 19.9. The molecule has 0 aliphatic rings. The fraction of sp³-hybridized carbons (Fsp3) is 0. The van der Waals surface area contributed by atoms with Crippen molar-refractivity contribution in [2.45, 2.75) is 0 Å². The number of hydrogen-bond acceptors (Lipinski definition) is 4. The lowest BCUT2D eigenvalue weighted by molar-refractivity contribution is 0.0956. The van der Waals surface area contributed by atoms with Gasteiger partial charge in [-0.3, -0.25) is 14.6 Å². The quantitative estimate of drug-likeness (QED) is 0.464. The lowest BCUT2D eigenvalue weighted by Crippen LogP contribution is -2.21. The number of nitrogens with zero attached hydrogens (tertiary/aromatic N) is 2. The van der Waals surface area contributed by atoms with Crippen LogP contribution in [-0.4, -0.2) is 23.0 Å². The third-order valence-corrected chi connectivity index (χ3v) is 4.14. The maximum atomic E-state index is 13.0. The van der Waals surface area contributed by atoms with Gasteiger partial charge in [0.05, 0.1) is 17.5 Å². The van der Waals surface area contributed by atoms with Crippen molar-refractivity contribution in [1.82, 2.24) is 10.4 Å². The largest absolute Gasteiger partial charge is 0.321 e. The van der Waals surface area contributed by atoms with Crippen LogP contribution in [0.25, 0.3) is 0 Å². The molecule has 3 aromatic rings. The third kappa shape index (κ3) is 5.08. The summed E-state index contributed by atoms with van der Waals surface area (Å²) in [6.07, 6.45) is 4.69. The molecular formula is C20H14BrFN4O2. The van der Waals surface area contributed by atoms with Crippen LogP contribution in [0, 0.1) is 5.82 Å². The van der Waals surface area contributed by atoms with Gasteiger partial charge in [-0.05, 0) is 48.5 Å². The van der Waals surface area contributed by atoms with Gasteiger partial charge in [-0.25, -0.2) is 9.82 Å². The van der Waals surface area contributed by atoms with Gasteiger partial charge in [0.25, 0.3) is 11.8 Å². The number of carbonyl (C=O) groups is 2. The predicted molar refractivity (Wildman–Crippen MR) is 108 cm³/mol. The molecule has 0 aliphatic carbocycles. The number of rotatable bonds is 5. The summed E-state index contributed by atoms with van der Waals surface area (Å²) in [4.78, 5) is 28.8. The van der Waals surface area contributed by atoms with Crippen molar-refractivity contribution in [2.75, 3.05) is 5.32 Å². The van der Waals surface area contributed by atoms with Crippen LogP contribution in [0.1, 0.15) is 26.3 Å². The summed E-state index contributed by atoms with van der Waals surface area (Å²) in [5, 5.41) is 6.56. The highest BCUT2D eigenvalue weighted by Gasteiger charge is 2.15. The van der Waals surface area contributed by atoms with Gasteiger partial charge in [0.15, 0.2) is 0 Å². The molecule has 2 N–H and O–H groups in total. The van der Waals surface area contributed by atoms with Crippen molar-refractivity contribution in [3.8, 4) is 0 Å². The van der Waals surface area contributed by atoms with Gasteiger partial charge >= 0.3 is 0 Å². The summed E-state index contributed by atoms with van der Waals surface area (Å²) < 4.78 is 13.7. The second-order valence-corrected chi connectivity index (χ2v) is 6.55. The highest BCUT2D eigenvalue weighted by Crippen LogP contribution is 2.22. The molecule has 6 nitrogen and oxygen atoms in total. The number of halogens is 2. The van der Waals surface area contributed by atoms with E-state index in [1.54, 1.807) is 42.7 Å². The fourth-order valence-electron chi connectivity index (χ4n) is 2.29. The molecule has 3 rings (SSSR count). The van der Waals surface area contributed by atoms with Gasteiger partial charge in [-0.1, -0.05) is 22.0 Å². The highest BCUT2D eigenvalue weighted by atomic mass is 79.9. The van der Waals surface area contributed by atoms with Crippen molar-refractivity contribution < 1.29 is 14.0 Å². The second-order valence-electron chi connectivity index (χ2n) is 5.64. The SMILES string of the molecule is O=C(Nc1ccc(Br)cc1C(=O)N/N=C/c1cccnc1)c1ccc(F)cc1. The Bertz CT molecular complexity index is 1020. The number of pyridine rings is 1. The van der Waals surface area contributed by atoms with Crippen LogP contribution in [0.2, 0.25) is 0 Å². The Hall–Kier alpha value is -3.39. The number of aromatic nitrogens is 1. The summed E-state index contributed by atoms with van der Waals surface area (Å²) in [6, 6.07) is 13.5. The summed E-state index contributed by atoms with van der Waals surface area (Å²) in [5.74, 6) is -1.40. The number of hydrogen-bond donors (Lipinski definition) is 2. The molecule has 1 heterocycles. The first-order valence-electron chi connectivity index (χ1n) is 8.13. The minimum atomic E-state index is -0.504. The average molecular weight is 441 g/mol. The van der Waals surface area contributed by atoms with E-state index >= 15 is 0 Å². The maximum Gasteiger partial charge on any atom is 0.273 e. The number of amides is 2. The Labute approximate surface area is 168 Å². The lowest BCUT2D eigenvalue weighted by Gasteiger charge is -2.11. The monoisotopic (exact) mass is 440 g/mol. The van der Waals surface area contributed by atoms with Crippen LogP contribution >= 0.6 is 15.9 Å². The van der Waals surface area contributed by atoms with Gasteiger partial charge in [0, 0.05) is 28.0 Å². The van der Waals surface area contributed by atoms with E-state index in [1.807, 2.05) is 0 Å². The molecule has 0 saturated carbocycles. The zero-order valence-electron chi connectivity index (χ0n) is 14.4. The first kappa shape index (κ1) is 19.4. The molecule has 8 heteroatoms. The van der Waals surface area contributed by atoms with Crippen LogP contribution in [-0.2, 0) is 0 Å². The van der Waals surface area contributed by atoms with Crippen LogP contribution in [0.5, 0.6) is 0 Å². The smallest absolute Gasteiger partial charge is 0.273 e. The van der Waals surface area contributed by atoms with E-state index in [9.17, 15) is 14.0 Å². The minimum Gasteiger partial charge on any atom is -0.321 e. The topological polar surface area (TPSA) is 83.5 Å². The standard InChI is InChI=1S/C20H14BrFN4O2/c21-15-5-8-18(25-19(27)14-3-6-16(22)7-4-14)17(10-15)20(28)26-24-12-13-2-1-9-23-11-13/h1-12H,(H,25,27)(H,26,28)/b24-12+. The number of benzene rings is 2. The number of carbonyl (C=O) groups excluding carboxylic acids is 2. The van der Waals surface area contributed by atoms with E-state index in [1.165, 1.54) is 30.5 Å². The van der Waals surface area contributed by atoms with Gasteiger partial charge in [-0.15, -0.1) is 0 Å². The van der Waals surface area contributed by atoms with E-state index in [0.717, 1.165) is 5.56 Å². The molecule has 2 aromatic carbocycles. The molecule has 0 unspecified atom stereocenters. The molecule has 140 valence electrons. The van der Waals surface area contributed by atoms with Crippen molar-refractivity contribution in [3.05, 3.63) is 94.0 Å². The number of anilines is 1. The Balaban J connectivity index is 1.76. The molecule has 0 radical (unpaired) electrons. The summed E-state index contributed by atoms with van der Waals surface area (Å²) in [7, 11) is 0. The zero-order valence-corrected chi connectivity index (χ0v) is 16.0. The Morgan fingerprint density at radius 3 is 2.57 bits per heavy atom. The first-order chi connectivity index (χ1) is 13.5. The van der Waals surface area contributed by atoms with Crippen LogP contribution in [0.4, 0.5) is 10.1 Å². The summed E-state index contributed by atoms with van der Waals surface area (Å²) in [5.41, 5.74) is 3.92. The maximum absolute atomic E-state index is 13.0. The van der Waals surface area contributed by atoms with E-state index in [2.05, 4.69) is 36.8 Å². The van der Waals surface area contributed by atoms with Gasteiger partial charge in [0.1, 0.15) is 5.82 Å². The molecule has 0 fully saturated rings. The predicted octanol–water partition coefficient (Wildman–Crippen LogP) is 4.00. The van der Waals surface area contributed by atoms with E-state index in [0.29, 0.717) is 10.2 Å². The van der Waals surface area contributed by atoms with Gasteiger partial charge in [-0.2, -0.15) is 5.10 Å². The van der Waals surface area contributed by atoms with E-state index < -0.39 is 17.6 Å². The molecule has 0 spiro atoms. The molecule has 28 heavy (non-hydrogen) atoms. The van der Waals surface area contributed by atoms with Gasteiger partial charge < -0.3 is 5.32 Å². The van der Waals surface area contributed by atoms with E-state index in [-0.39, 0.29) is 11.1 Å². The van der Waals surface area contributed by atoms with E-state index in [4.69, 9.17) is 0 Å². The summed E-state index contributed by atoms with van der Waals surface area (Å²) >= 11 is 3.31. The van der Waals surface area contributed by atoms with Crippen LogP contribution in [0.3, 0.4) is 0 Å². The molecule has 1 aromatic heterocycles. The highest BCUT2D eigenvalue weighted by molar-refractivity contribution is 9.10. The Morgan fingerprint density at radius 1 is 1.07 bits per heavy atom. The molecule has 2 amide bonds. The van der Waals surface area contributed by atoms with Crippen molar-refractivity contribution in [1.29, 1.82) is 0 Å². The van der Waals surface area contributed by atoms with Gasteiger partial charge in [0.2, 0.25) is 0 Å². The molecule has 0 bridgehead atoms. The Kier molecular flexibility index (Phi) is 6.23. The van der Waals surface area contributed by atoms with Crippen molar-refractivity contribution >= 4 is 39.6 Å². The Morgan fingerprint density at radius 2 is 1.86 bits per heavy atom. The first-order valence-corrected chi connectivity index (χ1v) is 8.92. The lowest BCUT2D eigenvalue weighted by atomic mass is 10.1. The molecule has 0 aliphatic heterocycles. The minimum absolute atomic E-state index is 0.216.